The highest BCUT2D eigenvalue weighted by atomic mass is 16.5. The summed E-state index contributed by atoms with van der Waals surface area (Å²) in [6.45, 7) is 6.80. The van der Waals surface area contributed by atoms with Gasteiger partial charge < -0.3 is 19.0 Å². The first-order valence-corrected chi connectivity index (χ1v) is 14.0. The molecule has 38 heavy (non-hydrogen) atoms. The Kier molecular flexibility index (Phi) is 9.13. The average molecular weight is 520 g/mol. The predicted molar refractivity (Wildman–Crippen MR) is 148 cm³/mol. The van der Waals surface area contributed by atoms with Gasteiger partial charge in [-0.25, -0.2) is 9.78 Å². The summed E-state index contributed by atoms with van der Waals surface area (Å²) in [4.78, 5) is 17.3. The van der Waals surface area contributed by atoms with Crippen LogP contribution in [0.1, 0.15) is 88.1 Å². The number of aryl methyl sites for hydroxylation is 1. The van der Waals surface area contributed by atoms with Gasteiger partial charge in [-0.05, 0) is 62.4 Å². The molecular weight excluding hydrogens is 478 g/mol. The summed E-state index contributed by atoms with van der Waals surface area (Å²) in [5, 5.41) is 10.2. The molecule has 1 atom stereocenters. The van der Waals surface area contributed by atoms with Gasteiger partial charge >= 0.3 is 5.97 Å². The number of carboxylic acids is 1. The normalized spacial score (nSPS) is 16.5. The van der Waals surface area contributed by atoms with Crippen LogP contribution >= 0.6 is 0 Å². The summed E-state index contributed by atoms with van der Waals surface area (Å²) in [6, 6.07) is 16.8. The van der Waals surface area contributed by atoms with E-state index in [1.165, 1.54) is 19.3 Å². The van der Waals surface area contributed by atoms with E-state index in [2.05, 4.69) is 13.8 Å². The number of unbranched alkanes of at least 4 members (excludes halogenated alkanes) is 1. The number of rotatable bonds is 13. The van der Waals surface area contributed by atoms with Gasteiger partial charge in [0.2, 0.25) is 11.5 Å². The van der Waals surface area contributed by atoms with Crippen LogP contribution < -0.4 is 9.47 Å². The topological polar surface area (TPSA) is 81.8 Å². The third-order valence-electron chi connectivity index (χ3n) is 7.77. The number of nitrogens with zero attached hydrogens (tertiary/aromatic N) is 1. The minimum Gasteiger partial charge on any atom is -0.493 e. The van der Waals surface area contributed by atoms with E-state index < -0.39 is 11.6 Å². The molecule has 1 heterocycles. The molecule has 3 aromatic rings. The highest BCUT2D eigenvalue weighted by Gasteiger charge is 2.41. The number of para-hydroxylation sites is 1. The molecule has 6 nitrogen and oxygen atoms in total. The molecule has 0 aliphatic heterocycles. The van der Waals surface area contributed by atoms with E-state index in [0.717, 1.165) is 54.3 Å². The smallest absolute Gasteiger partial charge is 0.348 e. The lowest BCUT2D eigenvalue weighted by atomic mass is 9.76. The fourth-order valence-electron chi connectivity index (χ4n) is 5.34. The van der Waals surface area contributed by atoms with Crippen LogP contribution in [-0.2, 0) is 23.1 Å². The molecule has 0 spiro atoms. The van der Waals surface area contributed by atoms with Gasteiger partial charge in [0.05, 0.1) is 12.3 Å². The zero-order chi connectivity index (χ0) is 27.0. The Morgan fingerprint density at radius 1 is 1.05 bits per heavy atom. The molecule has 0 bridgehead atoms. The van der Waals surface area contributed by atoms with Crippen LogP contribution in [0.5, 0.6) is 11.5 Å². The number of hydrogen-bond acceptors (Lipinski definition) is 5. The summed E-state index contributed by atoms with van der Waals surface area (Å²) < 4.78 is 18.2. The largest absolute Gasteiger partial charge is 0.493 e. The zero-order valence-electron chi connectivity index (χ0n) is 23.0. The summed E-state index contributed by atoms with van der Waals surface area (Å²) in [5.74, 6) is 2.11. The van der Waals surface area contributed by atoms with Crippen LogP contribution in [0, 0.1) is 6.92 Å². The van der Waals surface area contributed by atoms with Crippen LogP contribution in [-0.4, -0.2) is 28.3 Å². The monoisotopic (exact) mass is 519 g/mol. The molecule has 1 aliphatic rings. The first-order chi connectivity index (χ1) is 18.3. The maximum atomic E-state index is 12.5. The van der Waals surface area contributed by atoms with Crippen molar-refractivity contribution in [2.45, 2.75) is 96.0 Å². The number of aliphatic carboxylic acids is 1. The van der Waals surface area contributed by atoms with E-state index in [1.807, 2.05) is 49.4 Å². The van der Waals surface area contributed by atoms with Crippen molar-refractivity contribution in [3.8, 4) is 11.5 Å². The lowest BCUT2D eigenvalue weighted by Crippen LogP contribution is -2.46. The third-order valence-corrected chi connectivity index (χ3v) is 7.77. The predicted octanol–water partition coefficient (Wildman–Crippen LogP) is 7.46. The van der Waals surface area contributed by atoms with Crippen LogP contribution in [0.15, 0.2) is 59.0 Å². The molecule has 1 aromatic heterocycles. The molecular formula is C32H41NO5. The van der Waals surface area contributed by atoms with Crippen molar-refractivity contribution in [1.29, 1.82) is 0 Å². The van der Waals surface area contributed by atoms with E-state index in [-0.39, 0.29) is 11.8 Å². The van der Waals surface area contributed by atoms with Gasteiger partial charge in [0, 0.05) is 18.3 Å². The molecule has 1 saturated carbocycles. The maximum absolute atomic E-state index is 12.5. The van der Waals surface area contributed by atoms with Gasteiger partial charge in [0.1, 0.15) is 17.3 Å². The quantitative estimate of drug-likeness (QED) is 0.252. The Balaban J connectivity index is 1.38. The van der Waals surface area contributed by atoms with E-state index in [4.69, 9.17) is 18.9 Å². The van der Waals surface area contributed by atoms with Crippen LogP contribution in [0.3, 0.4) is 0 Å². The molecule has 0 radical (unpaired) electrons. The minimum absolute atomic E-state index is 0.0461. The first-order valence-electron chi connectivity index (χ1n) is 14.0. The van der Waals surface area contributed by atoms with E-state index >= 15 is 0 Å². The van der Waals surface area contributed by atoms with Crippen molar-refractivity contribution < 1.29 is 23.8 Å². The van der Waals surface area contributed by atoms with Crippen LogP contribution in [0.25, 0.3) is 0 Å². The van der Waals surface area contributed by atoms with Crippen LogP contribution in [0.4, 0.5) is 0 Å². The lowest BCUT2D eigenvalue weighted by molar-refractivity contribution is -0.156. The number of hydrogen-bond donors (Lipinski definition) is 1. The number of carbonyl (C=O) groups is 1. The Hall–Kier alpha value is -3.28. The highest BCUT2D eigenvalue weighted by Crippen LogP contribution is 2.39. The molecule has 0 saturated heterocycles. The first kappa shape index (κ1) is 27.7. The van der Waals surface area contributed by atoms with E-state index in [1.54, 1.807) is 12.1 Å². The highest BCUT2D eigenvalue weighted by molar-refractivity contribution is 5.78. The van der Waals surface area contributed by atoms with Gasteiger partial charge in [-0.3, -0.25) is 0 Å². The van der Waals surface area contributed by atoms with Crippen molar-refractivity contribution in [2.75, 3.05) is 6.61 Å². The molecule has 0 amide bonds. The SMILES string of the molecule is CCCCC(Cc1ccc(OCCc2nc(C3(C)CCCCC3)oc2C)cc1)(Oc1ccccc1)C(=O)O. The van der Waals surface area contributed by atoms with E-state index in [9.17, 15) is 9.90 Å². The standard InChI is InChI=1S/C32H41NO5/c1-4-5-21-32(30(34)35,38-27-12-8-6-9-13-27)23-25-14-16-26(17-15-25)36-22-18-28-24(2)37-29(33-28)31(3)19-10-7-11-20-31/h6,8-9,12-17H,4-5,7,10-11,18-23H2,1-3H3,(H,34,35). The second kappa shape index (κ2) is 12.5. The van der Waals surface area contributed by atoms with Gasteiger partial charge in [-0.1, -0.05) is 69.9 Å². The molecule has 6 heteroatoms. The molecule has 1 N–H and O–H groups in total. The van der Waals surface area contributed by atoms with Gasteiger partial charge in [0.15, 0.2) is 0 Å². The maximum Gasteiger partial charge on any atom is 0.348 e. The summed E-state index contributed by atoms with van der Waals surface area (Å²) >= 11 is 0. The van der Waals surface area contributed by atoms with Gasteiger partial charge in [-0.15, -0.1) is 0 Å². The molecule has 1 aliphatic carbocycles. The van der Waals surface area contributed by atoms with Gasteiger partial charge in [0.25, 0.3) is 0 Å². The molecule has 204 valence electrons. The molecule has 2 aromatic carbocycles. The van der Waals surface area contributed by atoms with Crippen molar-refractivity contribution in [3.05, 3.63) is 77.5 Å². The Labute approximate surface area is 226 Å². The summed E-state index contributed by atoms with van der Waals surface area (Å²) in [5.41, 5.74) is 0.578. The van der Waals surface area contributed by atoms with Crippen molar-refractivity contribution >= 4 is 5.97 Å². The van der Waals surface area contributed by atoms with Crippen molar-refractivity contribution in [1.82, 2.24) is 4.98 Å². The molecule has 4 rings (SSSR count). The fourth-order valence-corrected chi connectivity index (χ4v) is 5.34. The zero-order valence-corrected chi connectivity index (χ0v) is 23.0. The summed E-state index contributed by atoms with van der Waals surface area (Å²) in [6.07, 6.45) is 9.08. The molecule has 1 unspecified atom stereocenters. The third kappa shape index (κ3) is 6.77. The Morgan fingerprint density at radius 3 is 2.42 bits per heavy atom. The van der Waals surface area contributed by atoms with Crippen molar-refractivity contribution in [3.63, 3.8) is 0 Å². The number of aromatic nitrogens is 1. The number of carboxylic acid groups (broad SMARTS) is 1. The number of ether oxygens (including phenoxy) is 2. The Morgan fingerprint density at radius 2 is 1.76 bits per heavy atom. The number of benzene rings is 2. The fraction of sp³-hybridized carbons (Fsp3) is 0.500. The number of oxazole rings is 1. The lowest BCUT2D eigenvalue weighted by Gasteiger charge is -2.31. The van der Waals surface area contributed by atoms with Crippen LogP contribution in [0.2, 0.25) is 0 Å². The van der Waals surface area contributed by atoms with Crippen molar-refractivity contribution in [2.24, 2.45) is 0 Å². The second-order valence-corrected chi connectivity index (χ2v) is 10.9. The Bertz CT molecular complexity index is 1160. The minimum atomic E-state index is -1.32. The summed E-state index contributed by atoms with van der Waals surface area (Å²) in [7, 11) is 0. The molecule has 1 fully saturated rings. The van der Waals surface area contributed by atoms with Gasteiger partial charge in [-0.2, -0.15) is 0 Å². The average Bonchev–Trinajstić information content (AvgIpc) is 3.30. The van der Waals surface area contributed by atoms with E-state index in [0.29, 0.717) is 25.2 Å². The second-order valence-electron chi connectivity index (χ2n) is 10.9.